The molecule has 0 saturated heterocycles. The smallest absolute Gasteiger partial charge is 0.164 e. The second-order valence-electron chi connectivity index (χ2n) is 16.8. The molecule has 3 atom stereocenters. The van der Waals surface area contributed by atoms with E-state index in [-0.39, 0.29) is 0 Å². The summed E-state index contributed by atoms with van der Waals surface area (Å²) in [5, 5.41) is 0. The third-order valence-electron chi connectivity index (χ3n) is 11.8. The van der Waals surface area contributed by atoms with Crippen LogP contribution in [0.2, 0.25) is 0 Å². The van der Waals surface area contributed by atoms with E-state index in [9.17, 15) is 0 Å². The average Bonchev–Trinajstić information content (AvgIpc) is 3.19. The number of nitrogens with zero attached hydrogens (tertiary/aromatic N) is 3. The van der Waals surface area contributed by atoms with E-state index in [4.69, 9.17) is 29.2 Å². The van der Waals surface area contributed by atoms with E-state index >= 15 is 0 Å². The lowest BCUT2D eigenvalue weighted by atomic mass is 10.00. The van der Waals surface area contributed by atoms with Gasteiger partial charge in [0.15, 0.2) is 17.5 Å². The predicted octanol–water partition coefficient (Wildman–Crippen LogP) is 14.5. The highest BCUT2D eigenvalue weighted by atomic mass is 16.5. The number of ether oxygens (including phenoxy) is 3. The third-order valence-corrected chi connectivity index (χ3v) is 11.8. The Labute approximate surface area is 347 Å². The Hall–Kier alpha value is -3.93. The Balaban J connectivity index is 1.77. The quantitative estimate of drug-likeness (QED) is 0.0706. The van der Waals surface area contributed by atoms with E-state index in [1.165, 1.54) is 57.8 Å². The third kappa shape index (κ3) is 12.8. The van der Waals surface area contributed by atoms with Gasteiger partial charge in [-0.3, -0.25) is 0 Å². The monoisotopic (exact) mass is 778 g/mol. The summed E-state index contributed by atoms with van der Waals surface area (Å²) in [6, 6.07) is 13.0. The minimum atomic E-state index is 0.563. The van der Waals surface area contributed by atoms with Gasteiger partial charge in [0.1, 0.15) is 17.2 Å². The van der Waals surface area contributed by atoms with E-state index in [2.05, 4.69) is 119 Å². The van der Waals surface area contributed by atoms with Crippen LogP contribution in [0.25, 0.3) is 34.2 Å². The predicted molar refractivity (Wildman–Crippen MR) is 241 cm³/mol. The number of hydrogen-bond acceptors (Lipinski definition) is 6. The lowest BCUT2D eigenvalue weighted by molar-refractivity contribution is 0.231. The Morgan fingerprint density at radius 3 is 0.807 bits per heavy atom. The topological polar surface area (TPSA) is 66.4 Å². The molecule has 1 heterocycles. The van der Waals surface area contributed by atoms with Gasteiger partial charge in [0.05, 0.1) is 19.8 Å². The summed E-state index contributed by atoms with van der Waals surface area (Å²) in [7, 11) is 0. The van der Waals surface area contributed by atoms with Crippen molar-refractivity contribution < 1.29 is 14.2 Å². The fraction of sp³-hybridized carbons (Fsp3) is 0.588. The van der Waals surface area contributed by atoms with Crippen LogP contribution in [-0.2, 0) is 0 Å². The van der Waals surface area contributed by atoms with Crippen molar-refractivity contribution in [3.63, 3.8) is 0 Å². The van der Waals surface area contributed by atoms with Crippen molar-refractivity contribution in [2.75, 3.05) is 19.8 Å². The van der Waals surface area contributed by atoms with Gasteiger partial charge in [-0.15, -0.1) is 0 Å². The molecule has 0 aliphatic heterocycles. The molecule has 0 fully saturated rings. The number of hydrogen-bond donors (Lipinski definition) is 0. The van der Waals surface area contributed by atoms with Crippen molar-refractivity contribution in [2.45, 2.75) is 160 Å². The van der Waals surface area contributed by atoms with Crippen LogP contribution in [0, 0.1) is 59.3 Å². The first kappa shape index (κ1) is 45.8. The molecule has 4 rings (SSSR count). The van der Waals surface area contributed by atoms with Crippen molar-refractivity contribution in [3.8, 4) is 51.4 Å². The summed E-state index contributed by atoms with van der Waals surface area (Å²) < 4.78 is 19.5. The molecule has 0 amide bonds. The molecule has 0 N–H and O–H groups in total. The summed E-state index contributed by atoms with van der Waals surface area (Å²) in [4.78, 5) is 15.5. The standard InChI is InChI=1S/C51H75N3O3/c1-13-19-22-40(16-4)31-55-46-34(7)25-43(26-35(46)8)49-52-50(44-27-36(9)47(37(10)28-44)56-32-41(17-5)23-20-14-2)54-51(53-49)45-29-38(11)48(39(12)30-45)57-33-42(18-6)24-21-15-3/h25-30,40-42H,13-24,31-33H2,1-12H3. The average molecular weight is 778 g/mol. The minimum absolute atomic E-state index is 0.563. The maximum absolute atomic E-state index is 6.51. The van der Waals surface area contributed by atoms with Gasteiger partial charge >= 0.3 is 0 Å². The SMILES string of the molecule is CCCCC(CC)COc1c(C)cc(-c2nc(-c3cc(C)c(OCC(CC)CCCC)c(C)c3)nc(-c3cc(C)c(OCC(CC)CCCC)c(C)c3)n2)cc1C. The maximum Gasteiger partial charge on any atom is 0.164 e. The summed E-state index contributed by atoms with van der Waals surface area (Å²) in [5.41, 5.74) is 9.42. The minimum Gasteiger partial charge on any atom is -0.493 e. The van der Waals surface area contributed by atoms with Crippen LogP contribution in [-0.4, -0.2) is 34.8 Å². The van der Waals surface area contributed by atoms with Crippen LogP contribution < -0.4 is 14.2 Å². The number of aromatic nitrogens is 3. The van der Waals surface area contributed by atoms with E-state index in [1.807, 2.05) is 0 Å². The molecule has 312 valence electrons. The Kier molecular flexibility index (Phi) is 18.4. The summed E-state index contributed by atoms with van der Waals surface area (Å²) in [6.07, 6.45) is 14.3. The molecule has 0 aliphatic rings. The van der Waals surface area contributed by atoms with Crippen LogP contribution >= 0.6 is 0 Å². The van der Waals surface area contributed by atoms with E-state index in [1.54, 1.807) is 0 Å². The molecule has 0 bridgehead atoms. The zero-order valence-electron chi connectivity index (χ0n) is 37.9. The zero-order valence-corrected chi connectivity index (χ0v) is 37.9. The fourth-order valence-electron chi connectivity index (χ4n) is 7.98. The van der Waals surface area contributed by atoms with Crippen LogP contribution in [0.15, 0.2) is 36.4 Å². The first-order valence-electron chi connectivity index (χ1n) is 22.5. The molecule has 3 unspecified atom stereocenters. The number of rotatable bonds is 24. The van der Waals surface area contributed by atoms with Gasteiger partial charge in [0.2, 0.25) is 0 Å². The maximum atomic E-state index is 6.51. The normalized spacial score (nSPS) is 13.1. The first-order chi connectivity index (χ1) is 27.5. The Bertz CT molecular complexity index is 1570. The molecule has 57 heavy (non-hydrogen) atoms. The second kappa shape index (κ2) is 22.9. The van der Waals surface area contributed by atoms with Crippen LogP contribution in [0.4, 0.5) is 0 Å². The van der Waals surface area contributed by atoms with Crippen LogP contribution in [0.5, 0.6) is 17.2 Å². The highest BCUT2D eigenvalue weighted by molar-refractivity contribution is 5.70. The van der Waals surface area contributed by atoms with Crippen molar-refractivity contribution in [1.82, 2.24) is 15.0 Å². The molecule has 6 nitrogen and oxygen atoms in total. The molecule has 6 heteroatoms. The van der Waals surface area contributed by atoms with E-state index < -0.39 is 0 Å². The second-order valence-corrected chi connectivity index (χ2v) is 16.8. The highest BCUT2D eigenvalue weighted by Crippen LogP contribution is 2.36. The van der Waals surface area contributed by atoms with Gasteiger partial charge in [0.25, 0.3) is 0 Å². The van der Waals surface area contributed by atoms with E-state index in [0.717, 1.165) is 106 Å². The molecule has 0 radical (unpaired) electrons. The molecule has 4 aromatic rings. The van der Waals surface area contributed by atoms with Crippen LogP contribution in [0.1, 0.15) is 152 Å². The van der Waals surface area contributed by atoms with Gasteiger partial charge in [-0.25, -0.2) is 15.0 Å². The molecule has 0 saturated carbocycles. The number of aryl methyl sites for hydroxylation is 6. The molecular weight excluding hydrogens is 703 g/mol. The highest BCUT2D eigenvalue weighted by Gasteiger charge is 2.20. The van der Waals surface area contributed by atoms with Crippen molar-refractivity contribution >= 4 is 0 Å². The van der Waals surface area contributed by atoms with Gasteiger partial charge < -0.3 is 14.2 Å². The first-order valence-corrected chi connectivity index (χ1v) is 22.5. The fourth-order valence-corrected chi connectivity index (χ4v) is 7.98. The van der Waals surface area contributed by atoms with Gasteiger partial charge in [-0.1, -0.05) is 99.3 Å². The van der Waals surface area contributed by atoms with E-state index in [0.29, 0.717) is 35.2 Å². The molecule has 1 aromatic heterocycles. The molecule has 0 aliphatic carbocycles. The summed E-state index contributed by atoms with van der Waals surface area (Å²) >= 11 is 0. The number of unbranched alkanes of at least 4 members (excludes halogenated alkanes) is 3. The molecular formula is C51H75N3O3. The van der Waals surface area contributed by atoms with Crippen molar-refractivity contribution in [1.29, 1.82) is 0 Å². The lowest BCUT2D eigenvalue weighted by Crippen LogP contribution is -2.13. The van der Waals surface area contributed by atoms with Crippen molar-refractivity contribution in [2.24, 2.45) is 17.8 Å². The molecule has 0 spiro atoms. The lowest BCUT2D eigenvalue weighted by Gasteiger charge is -2.20. The summed E-state index contributed by atoms with van der Waals surface area (Å²) in [6.45, 7) is 28.6. The van der Waals surface area contributed by atoms with Crippen LogP contribution in [0.3, 0.4) is 0 Å². The molecule has 3 aromatic carbocycles. The van der Waals surface area contributed by atoms with Crippen molar-refractivity contribution in [3.05, 3.63) is 69.8 Å². The largest absolute Gasteiger partial charge is 0.493 e. The number of benzene rings is 3. The van der Waals surface area contributed by atoms with Gasteiger partial charge in [0, 0.05) is 16.7 Å². The Morgan fingerprint density at radius 1 is 0.386 bits per heavy atom. The van der Waals surface area contributed by atoms with Gasteiger partial charge in [-0.2, -0.15) is 0 Å². The Morgan fingerprint density at radius 2 is 0.614 bits per heavy atom. The zero-order chi connectivity index (χ0) is 41.5. The summed E-state index contributed by atoms with van der Waals surface area (Å²) in [5.74, 6) is 6.53. The van der Waals surface area contributed by atoms with Gasteiger partial charge in [-0.05, 0) is 148 Å².